The highest BCUT2D eigenvalue weighted by atomic mass is 35.5. The molecule has 0 bridgehead atoms. The van der Waals surface area contributed by atoms with Crippen molar-refractivity contribution in [3.05, 3.63) is 40.2 Å². The molecule has 1 N–H and O–H groups in total. The Balaban J connectivity index is 2.05. The number of carbonyl (C=O) groups excluding carboxylic acids is 2. The number of hydrogen-bond acceptors (Lipinski definition) is 4. The standard InChI is InChI=1S/C16H16ClNO3S/c1-3-18-16(20)10(2)21-14(19)9-8-13-15(17)11-6-4-5-7-12(11)22-13/h4-10H,3H2,1-2H3,(H,18,20)/b9-8+/t10-/m1/s1. The van der Waals surface area contributed by atoms with Crippen molar-refractivity contribution >= 4 is 51.0 Å². The molecule has 0 saturated heterocycles. The molecule has 0 aliphatic heterocycles. The molecule has 6 heteroatoms. The number of esters is 1. The minimum absolute atomic E-state index is 0.316. The zero-order chi connectivity index (χ0) is 16.1. The number of benzene rings is 1. The molecule has 0 spiro atoms. The maximum absolute atomic E-state index is 11.7. The Bertz CT molecular complexity index is 723. The first-order chi connectivity index (χ1) is 10.5. The molecule has 2 aromatic rings. The van der Waals surface area contributed by atoms with Gasteiger partial charge in [-0.2, -0.15) is 0 Å². The summed E-state index contributed by atoms with van der Waals surface area (Å²) in [4.78, 5) is 24.0. The van der Waals surface area contributed by atoms with Crippen molar-refractivity contribution in [2.24, 2.45) is 0 Å². The molecule has 2 rings (SSSR count). The van der Waals surface area contributed by atoms with Gasteiger partial charge in [-0.25, -0.2) is 4.79 Å². The second-order valence-corrected chi connectivity index (χ2v) is 6.05. The van der Waals surface area contributed by atoms with Gasteiger partial charge in [-0.1, -0.05) is 29.8 Å². The smallest absolute Gasteiger partial charge is 0.331 e. The Morgan fingerprint density at radius 2 is 2.14 bits per heavy atom. The predicted molar refractivity (Wildman–Crippen MR) is 90.1 cm³/mol. The molecule has 0 aliphatic rings. The predicted octanol–water partition coefficient (Wildman–Crippen LogP) is 3.64. The van der Waals surface area contributed by atoms with Crippen molar-refractivity contribution in [3.63, 3.8) is 0 Å². The second kappa shape index (κ2) is 7.42. The number of amides is 1. The summed E-state index contributed by atoms with van der Waals surface area (Å²) in [5.41, 5.74) is 0. The summed E-state index contributed by atoms with van der Waals surface area (Å²) in [6, 6.07) is 7.75. The molecular formula is C16H16ClNO3S. The number of nitrogens with one attached hydrogen (secondary N) is 1. The van der Waals surface area contributed by atoms with E-state index in [9.17, 15) is 9.59 Å². The van der Waals surface area contributed by atoms with Crippen molar-refractivity contribution < 1.29 is 14.3 Å². The van der Waals surface area contributed by atoms with Gasteiger partial charge < -0.3 is 10.1 Å². The van der Waals surface area contributed by atoms with Crippen LogP contribution in [-0.4, -0.2) is 24.5 Å². The molecule has 0 unspecified atom stereocenters. The van der Waals surface area contributed by atoms with Crippen LogP contribution < -0.4 is 5.32 Å². The minimum Gasteiger partial charge on any atom is -0.449 e. The first-order valence-corrected chi connectivity index (χ1v) is 8.05. The third-order valence-corrected chi connectivity index (χ3v) is 4.60. The fourth-order valence-corrected chi connectivity index (χ4v) is 3.27. The largest absolute Gasteiger partial charge is 0.449 e. The van der Waals surface area contributed by atoms with E-state index in [1.165, 1.54) is 24.3 Å². The molecule has 1 atom stereocenters. The van der Waals surface area contributed by atoms with Gasteiger partial charge in [-0.15, -0.1) is 11.3 Å². The fourth-order valence-electron chi connectivity index (χ4n) is 1.87. The molecule has 1 aromatic carbocycles. The van der Waals surface area contributed by atoms with Crippen LogP contribution in [0, 0.1) is 0 Å². The van der Waals surface area contributed by atoms with Gasteiger partial charge in [0.05, 0.1) is 5.02 Å². The molecule has 0 saturated carbocycles. The number of hydrogen-bond donors (Lipinski definition) is 1. The van der Waals surface area contributed by atoms with Crippen molar-refractivity contribution in [2.75, 3.05) is 6.54 Å². The average Bonchev–Trinajstić information content (AvgIpc) is 2.82. The quantitative estimate of drug-likeness (QED) is 0.669. The van der Waals surface area contributed by atoms with Gasteiger partial charge in [0.15, 0.2) is 6.10 Å². The van der Waals surface area contributed by atoms with E-state index in [2.05, 4.69) is 5.32 Å². The molecule has 1 amide bonds. The van der Waals surface area contributed by atoms with E-state index in [-0.39, 0.29) is 5.91 Å². The van der Waals surface area contributed by atoms with Crippen LogP contribution in [0.3, 0.4) is 0 Å². The normalized spacial score (nSPS) is 12.5. The third-order valence-electron chi connectivity index (χ3n) is 2.94. The number of likely N-dealkylation sites (N-methyl/N-ethyl adjacent to an activating group) is 1. The number of fused-ring (bicyclic) bond motifs is 1. The van der Waals surface area contributed by atoms with Crippen molar-refractivity contribution in [1.29, 1.82) is 0 Å². The van der Waals surface area contributed by atoms with Gasteiger partial charge >= 0.3 is 5.97 Å². The van der Waals surface area contributed by atoms with Crippen LogP contribution in [0.4, 0.5) is 0 Å². The average molecular weight is 338 g/mol. The van der Waals surface area contributed by atoms with E-state index < -0.39 is 12.1 Å². The van der Waals surface area contributed by atoms with Gasteiger partial charge in [0.25, 0.3) is 5.91 Å². The van der Waals surface area contributed by atoms with E-state index in [1.54, 1.807) is 13.0 Å². The summed E-state index contributed by atoms with van der Waals surface area (Å²) >= 11 is 7.77. The maximum Gasteiger partial charge on any atom is 0.331 e. The van der Waals surface area contributed by atoms with E-state index in [1.807, 2.05) is 24.3 Å². The molecule has 1 heterocycles. The molecule has 0 radical (unpaired) electrons. The second-order valence-electron chi connectivity index (χ2n) is 4.58. The summed E-state index contributed by atoms with van der Waals surface area (Å²) in [6.45, 7) is 3.83. The molecule has 22 heavy (non-hydrogen) atoms. The van der Waals surface area contributed by atoms with E-state index >= 15 is 0 Å². The molecule has 116 valence electrons. The summed E-state index contributed by atoms with van der Waals surface area (Å²) in [5.74, 6) is -0.892. The van der Waals surface area contributed by atoms with Gasteiger partial charge in [-0.3, -0.25) is 4.79 Å². The van der Waals surface area contributed by atoms with Crippen LogP contribution in [0.5, 0.6) is 0 Å². The Morgan fingerprint density at radius 1 is 1.41 bits per heavy atom. The van der Waals surface area contributed by atoms with Gasteiger partial charge in [0.2, 0.25) is 0 Å². The van der Waals surface area contributed by atoms with E-state index in [0.717, 1.165) is 15.0 Å². The van der Waals surface area contributed by atoms with Crippen LogP contribution in [0.1, 0.15) is 18.7 Å². The molecule has 4 nitrogen and oxygen atoms in total. The van der Waals surface area contributed by atoms with Gasteiger partial charge in [0.1, 0.15) is 0 Å². The number of rotatable bonds is 5. The van der Waals surface area contributed by atoms with Gasteiger partial charge in [-0.05, 0) is 26.0 Å². The Kier molecular flexibility index (Phi) is 5.57. The number of carbonyl (C=O) groups is 2. The van der Waals surface area contributed by atoms with Crippen LogP contribution >= 0.6 is 22.9 Å². The number of halogens is 1. The van der Waals surface area contributed by atoms with Gasteiger partial charge in [0, 0.05) is 27.6 Å². The van der Waals surface area contributed by atoms with Crippen molar-refractivity contribution in [3.8, 4) is 0 Å². The van der Waals surface area contributed by atoms with E-state index in [4.69, 9.17) is 16.3 Å². The molecule has 0 aliphatic carbocycles. The fraction of sp³-hybridized carbons (Fsp3) is 0.250. The molecule has 1 aromatic heterocycles. The highest BCUT2D eigenvalue weighted by Gasteiger charge is 2.15. The molecule has 0 fully saturated rings. The Morgan fingerprint density at radius 3 is 2.82 bits per heavy atom. The number of thiophene rings is 1. The van der Waals surface area contributed by atoms with Crippen LogP contribution in [-0.2, 0) is 14.3 Å². The first-order valence-electron chi connectivity index (χ1n) is 6.86. The van der Waals surface area contributed by atoms with Crippen molar-refractivity contribution in [2.45, 2.75) is 20.0 Å². The lowest BCUT2D eigenvalue weighted by Gasteiger charge is -2.10. The highest BCUT2D eigenvalue weighted by Crippen LogP contribution is 2.35. The lowest BCUT2D eigenvalue weighted by molar-refractivity contribution is -0.150. The zero-order valence-electron chi connectivity index (χ0n) is 12.3. The van der Waals surface area contributed by atoms with Crippen LogP contribution in [0.15, 0.2) is 30.3 Å². The minimum atomic E-state index is -0.824. The molecular weight excluding hydrogens is 322 g/mol. The van der Waals surface area contributed by atoms with Crippen molar-refractivity contribution in [1.82, 2.24) is 5.32 Å². The van der Waals surface area contributed by atoms with Crippen LogP contribution in [0.25, 0.3) is 16.2 Å². The monoisotopic (exact) mass is 337 g/mol. The number of ether oxygens (including phenoxy) is 1. The highest BCUT2D eigenvalue weighted by molar-refractivity contribution is 7.20. The topological polar surface area (TPSA) is 55.4 Å². The zero-order valence-corrected chi connectivity index (χ0v) is 13.8. The summed E-state index contributed by atoms with van der Waals surface area (Å²) in [5, 5.41) is 4.16. The lowest BCUT2D eigenvalue weighted by atomic mass is 10.2. The summed E-state index contributed by atoms with van der Waals surface area (Å²) in [6.07, 6.45) is 2.07. The van der Waals surface area contributed by atoms with Crippen LogP contribution in [0.2, 0.25) is 5.02 Å². The lowest BCUT2D eigenvalue weighted by Crippen LogP contribution is -2.35. The first kappa shape index (κ1) is 16.5. The Hall–Kier alpha value is -1.85. The van der Waals surface area contributed by atoms with E-state index in [0.29, 0.717) is 11.6 Å². The Labute approximate surface area is 137 Å². The SMILES string of the molecule is CCNC(=O)[C@@H](C)OC(=O)/C=C/c1sc2ccccc2c1Cl. The summed E-state index contributed by atoms with van der Waals surface area (Å²) in [7, 11) is 0. The third kappa shape index (κ3) is 3.87. The maximum atomic E-state index is 11.7. The summed E-state index contributed by atoms with van der Waals surface area (Å²) < 4.78 is 6.08.